The highest BCUT2D eigenvalue weighted by Crippen LogP contribution is 2.13. The molecule has 4 nitrogen and oxygen atoms in total. The van der Waals surface area contributed by atoms with E-state index >= 15 is 0 Å². The van der Waals surface area contributed by atoms with E-state index in [-0.39, 0.29) is 11.8 Å². The first-order chi connectivity index (χ1) is 12.1. The van der Waals surface area contributed by atoms with Crippen LogP contribution in [0.15, 0.2) is 48.5 Å². The van der Waals surface area contributed by atoms with Crippen LogP contribution in [0.1, 0.15) is 5.56 Å². The summed E-state index contributed by atoms with van der Waals surface area (Å²) in [6.45, 7) is 3.93. The molecule has 0 aliphatic carbocycles. The van der Waals surface area contributed by atoms with Crippen molar-refractivity contribution >= 4 is 23.3 Å². The van der Waals surface area contributed by atoms with Gasteiger partial charge in [0.15, 0.2) is 0 Å². The molecule has 2 aromatic carbocycles. The molecule has 1 heterocycles. The highest BCUT2D eigenvalue weighted by atomic mass is 35.5. The van der Waals surface area contributed by atoms with Crippen LogP contribution >= 0.6 is 11.6 Å². The standard InChI is InChI=1S/C19H21ClFN3O/c20-16-4-1-3-15(13-16)7-8-23-9-11-24(12-10-23)19(25)22-18-6-2-5-17(21)14-18/h1-6,13-14H,7-12H2,(H,22,25). The van der Waals surface area contributed by atoms with Crippen LogP contribution in [-0.4, -0.2) is 48.6 Å². The van der Waals surface area contributed by atoms with Crippen LogP contribution in [0.3, 0.4) is 0 Å². The van der Waals surface area contributed by atoms with E-state index in [1.54, 1.807) is 17.0 Å². The summed E-state index contributed by atoms with van der Waals surface area (Å²) in [6.07, 6.45) is 0.941. The van der Waals surface area contributed by atoms with Crippen LogP contribution in [-0.2, 0) is 6.42 Å². The van der Waals surface area contributed by atoms with Crippen molar-refractivity contribution in [3.8, 4) is 0 Å². The largest absolute Gasteiger partial charge is 0.322 e. The summed E-state index contributed by atoms with van der Waals surface area (Å²) in [5.74, 6) is -0.358. The summed E-state index contributed by atoms with van der Waals surface area (Å²) < 4.78 is 13.2. The number of urea groups is 1. The maximum Gasteiger partial charge on any atom is 0.321 e. The molecule has 1 saturated heterocycles. The van der Waals surface area contributed by atoms with Gasteiger partial charge in [-0.2, -0.15) is 0 Å². The molecule has 1 N–H and O–H groups in total. The van der Waals surface area contributed by atoms with Gasteiger partial charge in [0, 0.05) is 43.4 Å². The Labute approximate surface area is 152 Å². The van der Waals surface area contributed by atoms with E-state index in [0.29, 0.717) is 18.8 Å². The number of carbonyl (C=O) groups is 1. The second kappa shape index (κ2) is 8.32. The molecule has 132 valence electrons. The Morgan fingerprint density at radius 1 is 1.08 bits per heavy atom. The molecule has 1 aliphatic rings. The molecule has 25 heavy (non-hydrogen) atoms. The second-order valence-electron chi connectivity index (χ2n) is 6.15. The van der Waals surface area contributed by atoms with Crippen molar-refractivity contribution in [1.29, 1.82) is 0 Å². The highest BCUT2D eigenvalue weighted by Gasteiger charge is 2.21. The van der Waals surface area contributed by atoms with Crippen molar-refractivity contribution < 1.29 is 9.18 Å². The molecule has 0 spiro atoms. The van der Waals surface area contributed by atoms with Gasteiger partial charge in [0.25, 0.3) is 0 Å². The highest BCUT2D eigenvalue weighted by molar-refractivity contribution is 6.30. The number of carbonyl (C=O) groups excluding carboxylic acids is 1. The number of nitrogens with one attached hydrogen (secondary N) is 1. The molecule has 1 fully saturated rings. The van der Waals surface area contributed by atoms with Gasteiger partial charge in [-0.3, -0.25) is 4.90 Å². The van der Waals surface area contributed by atoms with Gasteiger partial charge >= 0.3 is 6.03 Å². The van der Waals surface area contributed by atoms with Crippen LogP contribution < -0.4 is 5.32 Å². The number of benzene rings is 2. The smallest absolute Gasteiger partial charge is 0.321 e. The summed E-state index contributed by atoms with van der Waals surface area (Å²) >= 11 is 6.01. The first kappa shape index (κ1) is 17.7. The second-order valence-corrected chi connectivity index (χ2v) is 6.59. The molecular formula is C19H21ClFN3O. The summed E-state index contributed by atoms with van der Waals surface area (Å²) in [5.41, 5.74) is 1.70. The summed E-state index contributed by atoms with van der Waals surface area (Å²) in [4.78, 5) is 16.4. The third-order valence-electron chi connectivity index (χ3n) is 4.34. The fourth-order valence-corrected chi connectivity index (χ4v) is 3.14. The van der Waals surface area contributed by atoms with Gasteiger partial charge < -0.3 is 10.2 Å². The zero-order valence-electron chi connectivity index (χ0n) is 13.9. The van der Waals surface area contributed by atoms with E-state index in [0.717, 1.165) is 31.1 Å². The summed E-state index contributed by atoms with van der Waals surface area (Å²) in [5, 5.41) is 3.51. The third-order valence-corrected chi connectivity index (χ3v) is 4.58. The summed E-state index contributed by atoms with van der Waals surface area (Å²) in [7, 11) is 0. The normalized spacial score (nSPS) is 15.2. The Kier molecular flexibility index (Phi) is 5.89. The number of nitrogens with zero attached hydrogens (tertiary/aromatic N) is 2. The number of piperazine rings is 1. The van der Waals surface area contributed by atoms with Crippen molar-refractivity contribution in [3.05, 3.63) is 64.9 Å². The Balaban J connectivity index is 1.44. The van der Waals surface area contributed by atoms with E-state index in [1.165, 1.54) is 17.7 Å². The lowest BCUT2D eigenvalue weighted by atomic mass is 10.1. The topological polar surface area (TPSA) is 35.6 Å². The van der Waals surface area contributed by atoms with Gasteiger partial charge in [0.2, 0.25) is 0 Å². The van der Waals surface area contributed by atoms with Crippen molar-refractivity contribution in [2.75, 3.05) is 38.0 Å². The Bertz CT molecular complexity index is 732. The fourth-order valence-electron chi connectivity index (χ4n) is 2.92. The molecule has 0 atom stereocenters. The lowest BCUT2D eigenvalue weighted by Gasteiger charge is -2.34. The van der Waals surface area contributed by atoms with Crippen molar-refractivity contribution in [1.82, 2.24) is 9.80 Å². The van der Waals surface area contributed by atoms with Crippen molar-refractivity contribution in [3.63, 3.8) is 0 Å². The van der Waals surface area contributed by atoms with E-state index in [1.807, 2.05) is 18.2 Å². The van der Waals surface area contributed by atoms with Crippen molar-refractivity contribution in [2.45, 2.75) is 6.42 Å². The Morgan fingerprint density at radius 3 is 2.56 bits per heavy atom. The molecule has 3 rings (SSSR count). The predicted octanol–water partition coefficient (Wildman–Crippen LogP) is 3.87. The van der Waals surface area contributed by atoms with Gasteiger partial charge in [0.1, 0.15) is 5.82 Å². The number of rotatable bonds is 4. The van der Waals surface area contributed by atoms with Gasteiger partial charge in [0.05, 0.1) is 0 Å². The maximum absolute atomic E-state index is 13.2. The number of halogens is 2. The minimum atomic E-state index is -0.358. The zero-order valence-corrected chi connectivity index (χ0v) is 14.7. The van der Waals surface area contributed by atoms with Crippen LogP contribution in [0.2, 0.25) is 5.02 Å². The minimum Gasteiger partial charge on any atom is -0.322 e. The molecule has 0 unspecified atom stereocenters. The average Bonchev–Trinajstić information content (AvgIpc) is 2.60. The Morgan fingerprint density at radius 2 is 1.84 bits per heavy atom. The van der Waals surface area contributed by atoms with Gasteiger partial charge in [-0.15, -0.1) is 0 Å². The molecule has 1 aliphatic heterocycles. The zero-order chi connectivity index (χ0) is 17.6. The molecule has 0 saturated carbocycles. The molecule has 0 aromatic heterocycles. The third kappa shape index (κ3) is 5.18. The Hall–Kier alpha value is -2.11. The van der Waals surface area contributed by atoms with Crippen LogP contribution in [0, 0.1) is 5.82 Å². The average molecular weight is 362 g/mol. The number of hydrogen-bond donors (Lipinski definition) is 1. The fraction of sp³-hybridized carbons (Fsp3) is 0.316. The van der Waals surface area contributed by atoms with Crippen LogP contribution in [0.4, 0.5) is 14.9 Å². The molecule has 0 bridgehead atoms. The van der Waals surface area contributed by atoms with E-state index in [9.17, 15) is 9.18 Å². The summed E-state index contributed by atoms with van der Waals surface area (Å²) in [6, 6.07) is 13.7. The quantitative estimate of drug-likeness (QED) is 0.897. The minimum absolute atomic E-state index is 0.180. The first-order valence-corrected chi connectivity index (χ1v) is 8.76. The SMILES string of the molecule is O=C(Nc1cccc(F)c1)N1CCN(CCc2cccc(Cl)c2)CC1. The monoisotopic (exact) mass is 361 g/mol. The first-order valence-electron chi connectivity index (χ1n) is 8.38. The molecule has 6 heteroatoms. The van der Waals surface area contributed by atoms with E-state index in [2.05, 4.69) is 16.3 Å². The van der Waals surface area contributed by atoms with Crippen LogP contribution in [0.25, 0.3) is 0 Å². The number of anilines is 1. The molecular weight excluding hydrogens is 341 g/mol. The van der Waals surface area contributed by atoms with Gasteiger partial charge in [-0.05, 0) is 42.3 Å². The molecule has 2 amide bonds. The maximum atomic E-state index is 13.2. The lowest BCUT2D eigenvalue weighted by molar-refractivity contribution is 0.148. The predicted molar refractivity (Wildman–Crippen MR) is 98.6 cm³/mol. The molecule has 2 aromatic rings. The lowest BCUT2D eigenvalue weighted by Crippen LogP contribution is -2.50. The van der Waals surface area contributed by atoms with Gasteiger partial charge in [-0.25, -0.2) is 9.18 Å². The van der Waals surface area contributed by atoms with E-state index < -0.39 is 0 Å². The number of hydrogen-bond acceptors (Lipinski definition) is 2. The van der Waals surface area contributed by atoms with Crippen LogP contribution in [0.5, 0.6) is 0 Å². The van der Waals surface area contributed by atoms with Gasteiger partial charge in [-0.1, -0.05) is 29.8 Å². The van der Waals surface area contributed by atoms with E-state index in [4.69, 9.17) is 11.6 Å². The van der Waals surface area contributed by atoms with Crippen molar-refractivity contribution in [2.24, 2.45) is 0 Å². The molecule has 0 radical (unpaired) electrons. The number of amides is 2.